The molecule has 0 aromatic carbocycles. The first-order valence-electron chi connectivity index (χ1n) is 6.75. The molecule has 1 fully saturated rings. The molecule has 1 heterocycles. The minimum atomic E-state index is 0.256. The highest BCUT2D eigenvalue weighted by molar-refractivity contribution is 4.78. The molecule has 0 spiro atoms. The van der Waals surface area contributed by atoms with Crippen molar-refractivity contribution in [3.8, 4) is 0 Å². The van der Waals surface area contributed by atoms with Gasteiger partial charge in [0.15, 0.2) is 0 Å². The zero-order valence-electron chi connectivity index (χ0n) is 11.1. The molecule has 0 bridgehead atoms. The lowest BCUT2D eigenvalue weighted by molar-refractivity contribution is 0.118. The minimum absolute atomic E-state index is 0.256. The monoisotopic (exact) mass is 228 g/mol. The second kappa shape index (κ2) is 7.25. The number of nitrogens with one attached hydrogen (secondary N) is 1. The average Bonchev–Trinajstić information content (AvgIpc) is 2.26. The Labute approximate surface area is 100 Å². The van der Waals surface area contributed by atoms with Gasteiger partial charge in [-0.15, -0.1) is 0 Å². The van der Waals surface area contributed by atoms with E-state index in [2.05, 4.69) is 31.0 Å². The first-order valence-corrected chi connectivity index (χ1v) is 6.75. The molecule has 2 N–H and O–H groups in total. The predicted octanol–water partition coefficient (Wildman–Crippen LogP) is 1.47. The van der Waals surface area contributed by atoms with E-state index in [0.717, 1.165) is 25.4 Å². The average molecular weight is 228 g/mol. The molecule has 1 aliphatic rings. The summed E-state index contributed by atoms with van der Waals surface area (Å²) in [6.45, 7) is 10.3. The molecular formula is C13H28N2O. The number of aliphatic hydroxyl groups excluding tert-OH is 1. The van der Waals surface area contributed by atoms with Crippen LogP contribution in [0.5, 0.6) is 0 Å². The summed E-state index contributed by atoms with van der Waals surface area (Å²) in [5.74, 6) is 0.883. The van der Waals surface area contributed by atoms with E-state index in [4.69, 9.17) is 0 Å². The first-order chi connectivity index (χ1) is 7.67. The van der Waals surface area contributed by atoms with Gasteiger partial charge in [-0.2, -0.15) is 0 Å². The third kappa shape index (κ3) is 4.40. The van der Waals surface area contributed by atoms with E-state index < -0.39 is 0 Å². The molecule has 3 atom stereocenters. The van der Waals surface area contributed by atoms with Crippen molar-refractivity contribution < 1.29 is 5.11 Å². The van der Waals surface area contributed by atoms with Crippen LogP contribution in [0.25, 0.3) is 0 Å². The van der Waals surface area contributed by atoms with Crippen molar-refractivity contribution in [2.24, 2.45) is 5.92 Å². The van der Waals surface area contributed by atoms with Crippen molar-refractivity contribution in [2.75, 3.05) is 26.2 Å². The van der Waals surface area contributed by atoms with Gasteiger partial charge in [0, 0.05) is 12.1 Å². The van der Waals surface area contributed by atoms with E-state index in [-0.39, 0.29) is 12.6 Å². The molecule has 1 aliphatic heterocycles. The number of likely N-dealkylation sites (tertiary alicyclic amines) is 1. The second-order valence-corrected chi connectivity index (χ2v) is 5.24. The molecule has 0 aliphatic carbocycles. The topological polar surface area (TPSA) is 35.5 Å². The van der Waals surface area contributed by atoms with E-state index in [1.807, 2.05) is 0 Å². The van der Waals surface area contributed by atoms with Crippen LogP contribution in [0.1, 0.15) is 40.0 Å². The van der Waals surface area contributed by atoms with Crippen molar-refractivity contribution in [2.45, 2.75) is 52.1 Å². The molecule has 1 rings (SSSR count). The smallest absolute Gasteiger partial charge is 0.0585 e. The molecule has 3 nitrogen and oxygen atoms in total. The molecule has 1 saturated heterocycles. The number of hydrogen-bond donors (Lipinski definition) is 2. The second-order valence-electron chi connectivity index (χ2n) is 5.24. The predicted molar refractivity (Wildman–Crippen MR) is 68.6 cm³/mol. The maximum absolute atomic E-state index is 9.21. The molecule has 0 amide bonds. The van der Waals surface area contributed by atoms with Gasteiger partial charge < -0.3 is 15.3 Å². The Morgan fingerprint density at radius 1 is 1.44 bits per heavy atom. The molecule has 0 saturated carbocycles. The summed E-state index contributed by atoms with van der Waals surface area (Å²) >= 11 is 0. The molecular weight excluding hydrogens is 200 g/mol. The summed E-state index contributed by atoms with van der Waals surface area (Å²) < 4.78 is 0. The highest BCUT2D eigenvalue weighted by Crippen LogP contribution is 2.22. The van der Waals surface area contributed by atoms with Crippen molar-refractivity contribution in [1.82, 2.24) is 10.2 Å². The number of piperidine rings is 1. The molecule has 3 heteroatoms. The maximum Gasteiger partial charge on any atom is 0.0585 e. The fourth-order valence-corrected chi connectivity index (χ4v) is 2.66. The quantitative estimate of drug-likeness (QED) is 0.722. The fourth-order valence-electron chi connectivity index (χ4n) is 2.66. The van der Waals surface area contributed by atoms with Crippen LogP contribution in [-0.4, -0.2) is 48.3 Å². The standard InChI is InChI=1S/C13H28N2O/c1-4-14-13(10-16)6-8-15-7-5-11(2)9-12(15)3/h11-14,16H,4-10H2,1-3H3. The van der Waals surface area contributed by atoms with Crippen molar-refractivity contribution >= 4 is 0 Å². The zero-order valence-corrected chi connectivity index (χ0v) is 11.1. The molecule has 16 heavy (non-hydrogen) atoms. The third-order valence-corrected chi connectivity index (χ3v) is 3.75. The normalized spacial score (nSPS) is 29.2. The summed E-state index contributed by atoms with van der Waals surface area (Å²) in [5.41, 5.74) is 0. The Hall–Kier alpha value is -0.120. The van der Waals surface area contributed by atoms with Gasteiger partial charge in [0.25, 0.3) is 0 Å². The van der Waals surface area contributed by atoms with Gasteiger partial charge in [0.05, 0.1) is 6.61 Å². The minimum Gasteiger partial charge on any atom is -0.395 e. The summed E-state index contributed by atoms with van der Waals surface area (Å²) in [5, 5.41) is 12.5. The van der Waals surface area contributed by atoms with E-state index in [0.29, 0.717) is 6.04 Å². The van der Waals surface area contributed by atoms with Crippen LogP contribution in [0.2, 0.25) is 0 Å². The van der Waals surface area contributed by atoms with Crippen LogP contribution in [0.4, 0.5) is 0 Å². The van der Waals surface area contributed by atoms with Crippen LogP contribution in [-0.2, 0) is 0 Å². The summed E-state index contributed by atoms with van der Waals surface area (Å²) in [7, 11) is 0. The van der Waals surface area contributed by atoms with Crippen molar-refractivity contribution in [3.05, 3.63) is 0 Å². The van der Waals surface area contributed by atoms with Crippen LogP contribution in [0.15, 0.2) is 0 Å². The lowest BCUT2D eigenvalue weighted by Gasteiger charge is -2.37. The summed E-state index contributed by atoms with van der Waals surface area (Å²) in [6, 6.07) is 0.987. The van der Waals surface area contributed by atoms with Gasteiger partial charge in [0.2, 0.25) is 0 Å². The van der Waals surface area contributed by atoms with Gasteiger partial charge in [-0.1, -0.05) is 13.8 Å². The van der Waals surface area contributed by atoms with Crippen LogP contribution >= 0.6 is 0 Å². The molecule has 0 aromatic heterocycles. The number of aliphatic hydroxyl groups is 1. The highest BCUT2D eigenvalue weighted by atomic mass is 16.3. The van der Waals surface area contributed by atoms with E-state index in [1.54, 1.807) is 0 Å². The van der Waals surface area contributed by atoms with E-state index >= 15 is 0 Å². The lowest BCUT2D eigenvalue weighted by Crippen LogP contribution is -2.43. The van der Waals surface area contributed by atoms with Crippen LogP contribution < -0.4 is 5.32 Å². The Morgan fingerprint density at radius 3 is 2.75 bits per heavy atom. The zero-order chi connectivity index (χ0) is 12.0. The SMILES string of the molecule is CCNC(CO)CCN1CCC(C)CC1C. The number of nitrogens with zero attached hydrogens (tertiary/aromatic N) is 1. The van der Waals surface area contributed by atoms with Crippen LogP contribution in [0, 0.1) is 5.92 Å². The summed E-state index contributed by atoms with van der Waals surface area (Å²) in [6.07, 6.45) is 3.71. The third-order valence-electron chi connectivity index (χ3n) is 3.75. The van der Waals surface area contributed by atoms with Gasteiger partial charge in [-0.05, 0) is 51.7 Å². The fraction of sp³-hybridized carbons (Fsp3) is 1.00. The van der Waals surface area contributed by atoms with Crippen LogP contribution in [0.3, 0.4) is 0 Å². The Balaban J connectivity index is 2.25. The molecule has 3 unspecified atom stereocenters. The van der Waals surface area contributed by atoms with Gasteiger partial charge >= 0.3 is 0 Å². The molecule has 96 valence electrons. The van der Waals surface area contributed by atoms with Crippen molar-refractivity contribution in [3.63, 3.8) is 0 Å². The Morgan fingerprint density at radius 2 is 2.19 bits per heavy atom. The largest absolute Gasteiger partial charge is 0.395 e. The Kier molecular flexibility index (Phi) is 6.32. The Bertz CT molecular complexity index is 187. The summed E-state index contributed by atoms with van der Waals surface area (Å²) in [4.78, 5) is 2.57. The number of likely N-dealkylation sites (N-methyl/N-ethyl adjacent to an activating group) is 1. The van der Waals surface area contributed by atoms with Gasteiger partial charge in [-0.25, -0.2) is 0 Å². The maximum atomic E-state index is 9.21. The highest BCUT2D eigenvalue weighted by Gasteiger charge is 2.22. The first kappa shape index (κ1) is 13.9. The van der Waals surface area contributed by atoms with Gasteiger partial charge in [0.1, 0.15) is 0 Å². The number of hydrogen-bond acceptors (Lipinski definition) is 3. The lowest BCUT2D eigenvalue weighted by atomic mass is 9.93. The van der Waals surface area contributed by atoms with Gasteiger partial charge in [-0.3, -0.25) is 0 Å². The van der Waals surface area contributed by atoms with Crippen molar-refractivity contribution in [1.29, 1.82) is 0 Å². The van der Waals surface area contributed by atoms with E-state index in [9.17, 15) is 5.11 Å². The molecule has 0 radical (unpaired) electrons. The number of rotatable bonds is 6. The van der Waals surface area contributed by atoms with E-state index in [1.165, 1.54) is 19.4 Å². The molecule has 0 aromatic rings.